The molecule has 2 aliphatic rings. The fraction of sp³-hybridized carbons (Fsp3) is 0.542. The summed E-state index contributed by atoms with van der Waals surface area (Å²) < 4.78 is 17.1. The molecule has 0 bridgehead atoms. The summed E-state index contributed by atoms with van der Waals surface area (Å²) in [5, 5.41) is 2.95. The van der Waals surface area contributed by atoms with Crippen molar-refractivity contribution < 1.29 is 18.7 Å². The highest BCUT2D eigenvalue weighted by Gasteiger charge is 2.16. The van der Waals surface area contributed by atoms with Gasteiger partial charge in [-0.05, 0) is 62.0 Å². The van der Waals surface area contributed by atoms with E-state index >= 15 is 0 Å². The average molecular weight is 413 g/mol. The van der Waals surface area contributed by atoms with E-state index in [1.54, 1.807) is 6.07 Å². The van der Waals surface area contributed by atoms with Crippen molar-refractivity contribution in [3.05, 3.63) is 59.0 Å². The third-order valence-electron chi connectivity index (χ3n) is 5.75. The Morgan fingerprint density at radius 2 is 1.97 bits per heavy atom. The Morgan fingerprint density at radius 3 is 2.80 bits per heavy atom. The summed E-state index contributed by atoms with van der Waals surface area (Å²) in [6.45, 7) is 5.49. The normalized spacial score (nSPS) is 19.8. The van der Waals surface area contributed by atoms with Crippen LogP contribution in [0.15, 0.2) is 40.8 Å². The molecule has 6 nitrogen and oxygen atoms in total. The largest absolute Gasteiger partial charge is 0.455 e. The summed E-state index contributed by atoms with van der Waals surface area (Å²) in [5.74, 6) is 1.05. The van der Waals surface area contributed by atoms with Gasteiger partial charge >= 0.3 is 0 Å². The maximum atomic E-state index is 12.5. The number of nitrogens with one attached hydrogen (secondary N) is 1. The number of ether oxygens (including phenoxy) is 2. The number of hydrogen-bond acceptors (Lipinski definition) is 5. The summed E-state index contributed by atoms with van der Waals surface area (Å²) in [4.78, 5) is 14.9. The van der Waals surface area contributed by atoms with E-state index in [9.17, 15) is 4.79 Å². The van der Waals surface area contributed by atoms with Crippen LogP contribution >= 0.6 is 0 Å². The number of carbonyl (C=O) groups excluding carboxylic acids is 1. The SMILES string of the molecule is O=C(NCc1cccc(COCC2CCCO2)c1)c1ccc(CN2CCCCC2)o1. The van der Waals surface area contributed by atoms with E-state index < -0.39 is 0 Å². The van der Waals surface area contributed by atoms with Crippen LogP contribution in [0, 0.1) is 0 Å². The van der Waals surface area contributed by atoms with E-state index in [1.165, 1.54) is 19.3 Å². The zero-order valence-electron chi connectivity index (χ0n) is 17.6. The molecule has 2 fully saturated rings. The van der Waals surface area contributed by atoms with Crippen LogP contribution in [-0.4, -0.2) is 43.2 Å². The van der Waals surface area contributed by atoms with Gasteiger partial charge in [0.15, 0.2) is 5.76 Å². The number of rotatable bonds is 9. The monoisotopic (exact) mass is 412 g/mol. The second-order valence-electron chi connectivity index (χ2n) is 8.26. The van der Waals surface area contributed by atoms with E-state index in [2.05, 4.69) is 16.3 Å². The van der Waals surface area contributed by atoms with Gasteiger partial charge < -0.3 is 19.2 Å². The Morgan fingerprint density at radius 1 is 1.10 bits per heavy atom. The molecule has 2 aromatic rings. The number of benzene rings is 1. The molecule has 162 valence electrons. The van der Waals surface area contributed by atoms with Crippen molar-refractivity contribution in [2.24, 2.45) is 0 Å². The van der Waals surface area contributed by atoms with Gasteiger partial charge in [-0.3, -0.25) is 9.69 Å². The molecule has 0 aliphatic carbocycles. The lowest BCUT2D eigenvalue weighted by molar-refractivity contribution is 0.0106. The first kappa shape index (κ1) is 21.1. The Hall–Kier alpha value is -2.15. The van der Waals surface area contributed by atoms with Crippen molar-refractivity contribution in [3.63, 3.8) is 0 Å². The number of amides is 1. The van der Waals surface area contributed by atoms with Crippen LogP contribution in [0.4, 0.5) is 0 Å². The number of likely N-dealkylation sites (tertiary alicyclic amines) is 1. The van der Waals surface area contributed by atoms with Gasteiger partial charge in [-0.15, -0.1) is 0 Å². The molecule has 6 heteroatoms. The predicted molar refractivity (Wildman–Crippen MR) is 114 cm³/mol. The van der Waals surface area contributed by atoms with Gasteiger partial charge in [-0.1, -0.05) is 30.7 Å². The molecule has 1 aromatic carbocycles. The minimum atomic E-state index is -0.181. The number of furan rings is 1. The third kappa shape index (κ3) is 6.17. The zero-order valence-corrected chi connectivity index (χ0v) is 17.6. The number of carbonyl (C=O) groups is 1. The number of piperidine rings is 1. The van der Waals surface area contributed by atoms with Crippen molar-refractivity contribution in [1.29, 1.82) is 0 Å². The molecule has 4 rings (SSSR count). The topological polar surface area (TPSA) is 63.9 Å². The van der Waals surface area contributed by atoms with Gasteiger partial charge in [0.05, 0.1) is 25.9 Å². The predicted octanol–water partition coefficient (Wildman–Crippen LogP) is 3.89. The van der Waals surface area contributed by atoms with Gasteiger partial charge in [0.1, 0.15) is 5.76 Å². The Labute approximate surface area is 178 Å². The highest BCUT2D eigenvalue weighted by atomic mass is 16.5. The Kier molecular flexibility index (Phi) is 7.56. The van der Waals surface area contributed by atoms with E-state index in [-0.39, 0.29) is 12.0 Å². The lowest BCUT2D eigenvalue weighted by atomic mass is 10.1. The first-order valence-electron chi connectivity index (χ1n) is 11.1. The summed E-state index contributed by atoms with van der Waals surface area (Å²) in [6.07, 6.45) is 6.24. The summed E-state index contributed by atoms with van der Waals surface area (Å²) in [7, 11) is 0. The Bertz CT molecular complexity index is 807. The molecular formula is C24H32N2O4. The minimum Gasteiger partial charge on any atom is -0.455 e. The van der Waals surface area contributed by atoms with Crippen molar-refractivity contribution in [3.8, 4) is 0 Å². The highest BCUT2D eigenvalue weighted by Crippen LogP contribution is 2.16. The van der Waals surface area contributed by atoms with Gasteiger partial charge in [-0.25, -0.2) is 0 Å². The van der Waals surface area contributed by atoms with Gasteiger partial charge in [0, 0.05) is 13.2 Å². The van der Waals surface area contributed by atoms with E-state index in [0.29, 0.717) is 25.5 Å². The van der Waals surface area contributed by atoms with Crippen LogP contribution in [0.5, 0.6) is 0 Å². The first-order valence-corrected chi connectivity index (χ1v) is 11.1. The standard InChI is InChI=1S/C24H32N2O4/c27-24(23-10-9-21(30-23)16-26-11-2-1-3-12-26)25-15-19-6-4-7-20(14-19)17-28-18-22-8-5-13-29-22/h4,6-7,9-10,14,22H,1-3,5,8,11-13,15-18H2,(H,25,27). The molecular weight excluding hydrogens is 380 g/mol. The minimum absolute atomic E-state index is 0.181. The van der Waals surface area contributed by atoms with Gasteiger partial charge in [0.25, 0.3) is 5.91 Å². The molecule has 0 radical (unpaired) electrons. The second-order valence-corrected chi connectivity index (χ2v) is 8.26. The average Bonchev–Trinajstić information content (AvgIpc) is 3.46. The number of hydrogen-bond donors (Lipinski definition) is 1. The molecule has 2 saturated heterocycles. The van der Waals surface area contributed by atoms with Crippen LogP contribution < -0.4 is 5.32 Å². The maximum absolute atomic E-state index is 12.5. The summed E-state index contributed by atoms with van der Waals surface area (Å²) in [5.41, 5.74) is 2.14. The first-order chi connectivity index (χ1) is 14.8. The molecule has 1 aromatic heterocycles. The smallest absolute Gasteiger partial charge is 0.287 e. The summed E-state index contributed by atoms with van der Waals surface area (Å²) >= 11 is 0. The van der Waals surface area contributed by atoms with Crippen molar-refractivity contribution in [1.82, 2.24) is 10.2 Å². The molecule has 30 heavy (non-hydrogen) atoms. The van der Waals surface area contributed by atoms with E-state index in [1.807, 2.05) is 24.3 Å². The second kappa shape index (κ2) is 10.8. The van der Waals surface area contributed by atoms with Crippen molar-refractivity contribution in [2.45, 2.75) is 57.9 Å². The molecule has 1 atom stereocenters. The molecule has 2 aliphatic heterocycles. The van der Waals surface area contributed by atoms with Crippen LogP contribution in [0.3, 0.4) is 0 Å². The molecule has 0 saturated carbocycles. The fourth-order valence-electron chi connectivity index (χ4n) is 4.11. The summed E-state index contributed by atoms with van der Waals surface area (Å²) in [6, 6.07) is 11.8. The van der Waals surface area contributed by atoms with Gasteiger partial charge in [-0.2, -0.15) is 0 Å². The molecule has 1 unspecified atom stereocenters. The highest BCUT2D eigenvalue weighted by molar-refractivity contribution is 5.91. The fourth-order valence-corrected chi connectivity index (χ4v) is 4.11. The number of nitrogens with zero attached hydrogens (tertiary/aromatic N) is 1. The maximum Gasteiger partial charge on any atom is 0.287 e. The molecule has 1 amide bonds. The lowest BCUT2D eigenvalue weighted by Gasteiger charge is -2.25. The van der Waals surface area contributed by atoms with E-state index in [0.717, 1.165) is 56.0 Å². The quantitative estimate of drug-likeness (QED) is 0.677. The van der Waals surface area contributed by atoms with Gasteiger partial charge in [0.2, 0.25) is 0 Å². The molecule has 0 spiro atoms. The Balaban J connectivity index is 1.22. The third-order valence-corrected chi connectivity index (χ3v) is 5.75. The van der Waals surface area contributed by atoms with E-state index in [4.69, 9.17) is 13.9 Å². The van der Waals surface area contributed by atoms with Crippen LogP contribution in [-0.2, 0) is 29.2 Å². The molecule has 3 heterocycles. The molecule has 1 N–H and O–H groups in total. The van der Waals surface area contributed by atoms with Crippen LogP contribution in [0.1, 0.15) is 59.5 Å². The van der Waals surface area contributed by atoms with Crippen molar-refractivity contribution in [2.75, 3.05) is 26.3 Å². The van der Waals surface area contributed by atoms with Crippen LogP contribution in [0.2, 0.25) is 0 Å². The van der Waals surface area contributed by atoms with Crippen LogP contribution in [0.25, 0.3) is 0 Å². The lowest BCUT2D eigenvalue weighted by Crippen LogP contribution is -2.28. The zero-order chi connectivity index (χ0) is 20.6. The van der Waals surface area contributed by atoms with Crippen molar-refractivity contribution >= 4 is 5.91 Å².